The Labute approximate surface area is 105 Å². The highest BCUT2D eigenvalue weighted by Crippen LogP contribution is 2.11. The molecule has 0 fully saturated rings. The van der Waals surface area contributed by atoms with E-state index in [1.807, 2.05) is 30.3 Å². The van der Waals surface area contributed by atoms with Crippen LogP contribution in [0.25, 0.3) is 0 Å². The van der Waals surface area contributed by atoms with E-state index in [1.165, 1.54) is 12.1 Å². The van der Waals surface area contributed by atoms with Crippen molar-refractivity contribution < 1.29 is 13.9 Å². The summed E-state index contributed by atoms with van der Waals surface area (Å²) in [6.45, 7) is 1.92. The molecule has 2 rings (SSSR count). The minimum Gasteiger partial charge on any atom is -0.457 e. The Morgan fingerprint density at radius 1 is 1.17 bits per heavy atom. The van der Waals surface area contributed by atoms with Gasteiger partial charge in [0.1, 0.15) is 12.4 Å². The molecule has 0 aliphatic carbocycles. The van der Waals surface area contributed by atoms with Crippen LogP contribution >= 0.6 is 0 Å². The minimum absolute atomic E-state index is 0.190. The van der Waals surface area contributed by atoms with Crippen molar-refractivity contribution in [3.05, 3.63) is 71.0 Å². The zero-order valence-corrected chi connectivity index (χ0v) is 10.0. The third-order valence-corrected chi connectivity index (χ3v) is 2.49. The van der Waals surface area contributed by atoms with Gasteiger partial charge in [-0.25, -0.2) is 9.18 Å². The van der Waals surface area contributed by atoms with E-state index in [9.17, 15) is 9.18 Å². The van der Waals surface area contributed by atoms with E-state index in [0.29, 0.717) is 5.56 Å². The number of benzene rings is 2. The van der Waals surface area contributed by atoms with Crippen molar-refractivity contribution in [1.29, 1.82) is 0 Å². The van der Waals surface area contributed by atoms with Gasteiger partial charge in [0.25, 0.3) is 0 Å². The number of carbonyl (C=O) groups excluding carboxylic acids is 1. The summed E-state index contributed by atoms with van der Waals surface area (Å²) in [6, 6.07) is 13.5. The first-order valence-corrected chi connectivity index (χ1v) is 5.63. The lowest BCUT2D eigenvalue weighted by molar-refractivity contribution is 0.0472. The predicted octanol–water partition coefficient (Wildman–Crippen LogP) is 3.49. The van der Waals surface area contributed by atoms with Crippen LogP contribution in [0.4, 0.5) is 4.39 Å². The Kier molecular flexibility index (Phi) is 3.72. The summed E-state index contributed by atoms with van der Waals surface area (Å²) in [7, 11) is 0. The molecule has 0 unspecified atom stereocenters. The second-order valence-electron chi connectivity index (χ2n) is 4.08. The lowest BCUT2D eigenvalue weighted by Crippen LogP contribution is -2.06. The quantitative estimate of drug-likeness (QED) is 0.772. The van der Waals surface area contributed by atoms with Gasteiger partial charge in [-0.1, -0.05) is 30.3 Å². The Hall–Kier alpha value is -2.16. The van der Waals surface area contributed by atoms with Gasteiger partial charge >= 0.3 is 5.97 Å². The molecule has 0 aromatic heterocycles. The third-order valence-electron chi connectivity index (χ3n) is 2.49. The molecular weight excluding hydrogens is 231 g/mol. The lowest BCUT2D eigenvalue weighted by atomic mass is 10.1. The highest BCUT2D eigenvalue weighted by Gasteiger charge is 2.09. The molecule has 2 aromatic rings. The van der Waals surface area contributed by atoms with Crippen LogP contribution in [-0.4, -0.2) is 5.97 Å². The fraction of sp³-hybridized carbons (Fsp3) is 0.133. The van der Waals surface area contributed by atoms with Crippen LogP contribution in [0.15, 0.2) is 48.5 Å². The SMILES string of the molecule is Cc1cc(F)cc(C(=O)OCc2ccccc2)c1. The first kappa shape index (κ1) is 12.3. The molecule has 0 saturated heterocycles. The summed E-state index contributed by atoms with van der Waals surface area (Å²) < 4.78 is 18.3. The third kappa shape index (κ3) is 3.17. The summed E-state index contributed by atoms with van der Waals surface area (Å²) in [6.07, 6.45) is 0. The molecule has 2 nitrogen and oxygen atoms in total. The van der Waals surface area contributed by atoms with Crippen molar-refractivity contribution in [3.8, 4) is 0 Å². The molecule has 18 heavy (non-hydrogen) atoms. The average Bonchev–Trinajstić information content (AvgIpc) is 2.36. The maximum absolute atomic E-state index is 13.1. The Morgan fingerprint density at radius 3 is 2.56 bits per heavy atom. The molecule has 0 radical (unpaired) electrons. The second kappa shape index (κ2) is 5.45. The van der Waals surface area contributed by atoms with E-state index in [-0.39, 0.29) is 12.2 Å². The van der Waals surface area contributed by atoms with Gasteiger partial charge in [0.05, 0.1) is 5.56 Å². The number of rotatable bonds is 3. The van der Waals surface area contributed by atoms with E-state index in [4.69, 9.17) is 4.74 Å². The van der Waals surface area contributed by atoms with Crippen LogP contribution < -0.4 is 0 Å². The maximum Gasteiger partial charge on any atom is 0.338 e. The molecule has 0 amide bonds. The molecule has 0 aliphatic heterocycles. The van der Waals surface area contributed by atoms with E-state index in [2.05, 4.69) is 0 Å². The Balaban J connectivity index is 2.04. The average molecular weight is 244 g/mol. The summed E-state index contributed by atoms with van der Waals surface area (Å²) >= 11 is 0. The van der Waals surface area contributed by atoms with Crippen molar-refractivity contribution in [2.45, 2.75) is 13.5 Å². The predicted molar refractivity (Wildman–Crippen MR) is 66.7 cm³/mol. The van der Waals surface area contributed by atoms with Crippen LogP contribution in [0.1, 0.15) is 21.5 Å². The number of hydrogen-bond acceptors (Lipinski definition) is 2. The van der Waals surface area contributed by atoms with E-state index in [0.717, 1.165) is 5.56 Å². The van der Waals surface area contributed by atoms with Gasteiger partial charge in [0.2, 0.25) is 0 Å². The van der Waals surface area contributed by atoms with E-state index in [1.54, 1.807) is 13.0 Å². The van der Waals surface area contributed by atoms with E-state index >= 15 is 0 Å². The topological polar surface area (TPSA) is 26.3 Å². The fourth-order valence-corrected chi connectivity index (χ4v) is 1.66. The summed E-state index contributed by atoms with van der Waals surface area (Å²) in [5.74, 6) is -0.942. The van der Waals surface area contributed by atoms with E-state index < -0.39 is 11.8 Å². The van der Waals surface area contributed by atoms with Gasteiger partial charge in [-0.05, 0) is 36.2 Å². The molecule has 0 saturated carbocycles. The number of hydrogen-bond donors (Lipinski definition) is 0. The first-order valence-electron chi connectivity index (χ1n) is 5.63. The van der Waals surface area contributed by atoms with Crippen LogP contribution in [0.5, 0.6) is 0 Å². The minimum atomic E-state index is -0.513. The van der Waals surface area contributed by atoms with Gasteiger partial charge in [0, 0.05) is 0 Å². The Morgan fingerprint density at radius 2 is 1.89 bits per heavy atom. The van der Waals surface area contributed by atoms with Crippen molar-refractivity contribution in [2.75, 3.05) is 0 Å². The highest BCUT2D eigenvalue weighted by molar-refractivity contribution is 5.89. The number of ether oxygens (including phenoxy) is 1. The standard InChI is InChI=1S/C15H13FO2/c1-11-7-13(9-14(16)8-11)15(17)18-10-12-5-3-2-4-6-12/h2-9H,10H2,1H3. The van der Waals surface area contributed by atoms with Crippen molar-refractivity contribution in [2.24, 2.45) is 0 Å². The summed E-state index contributed by atoms with van der Waals surface area (Å²) in [4.78, 5) is 11.7. The zero-order chi connectivity index (χ0) is 13.0. The molecular formula is C15H13FO2. The van der Waals surface area contributed by atoms with Gasteiger partial charge in [0.15, 0.2) is 0 Å². The molecule has 0 bridgehead atoms. The monoisotopic (exact) mass is 244 g/mol. The number of halogens is 1. The molecule has 0 aliphatic rings. The van der Waals surface area contributed by atoms with Crippen LogP contribution in [0.3, 0.4) is 0 Å². The number of carbonyl (C=O) groups is 1. The lowest BCUT2D eigenvalue weighted by Gasteiger charge is -2.05. The van der Waals surface area contributed by atoms with Crippen LogP contribution in [-0.2, 0) is 11.3 Å². The summed E-state index contributed by atoms with van der Waals surface area (Å²) in [5, 5.41) is 0. The smallest absolute Gasteiger partial charge is 0.338 e. The van der Waals surface area contributed by atoms with Gasteiger partial charge < -0.3 is 4.74 Å². The normalized spacial score (nSPS) is 10.1. The summed E-state index contributed by atoms with van der Waals surface area (Å²) in [5.41, 5.74) is 1.84. The first-order chi connectivity index (χ1) is 8.65. The van der Waals surface area contributed by atoms with Crippen molar-refractivity contribution in [1.82, 2.24) is 0 Å². The molecule has 2 aromatic carbocycles. The van der Waals surface area contributed by atoms with Crippen molar-refractivity contribution >= 4 is 5.97 Å². The fourth-order valence-electron chi connectivity index (χ4n) is 1.66. The molecule has 3 heteroatoms. The largest absolute Gasteiger partial charge is 0.457 e. The maximum atomic E-state index is 13.1. The van der Waals surface area contributed by atoms with Crippen LogP contribution in [0.2, 0.25) is 0 Å². The highest BCUT2D eigenvalue weighted by atomic mass is 19.1. The van der Waals surface area contributed by atoms with Gasteiger partial charge in [-0.15, -0.1) is 0 Å². The number of aryl methyl sites for hydroxylation is 1. The molecule has 0 atom stereocenters. The Bertz CT molecular complexity index is 529. The molecule has 92 valence electrons. The van der Waals surface area contributed by atoms with Crippen molar-refractivity contribution in [3.63, 3.8) is 0 Å². The van der Waals surface area contributed by atoms with Crippen LogP contribution in [0, 0.1) is 12.7 Å². The van der Waals surface area contributed by atoms with Gasteiger partial charge in [-0.2, -0.15) is 0 Å². The molecule has 0 spiro atoms. The molecule has 0 N–H and O–H groups in total. The second-order valence-corrected chi connectivity index (χ2v) is 4.08. The van der Waals surface area contributed by atoms with Gasteiger partial charge in [-0.3, -0.25) is 0 Å². The molecule has 0 heterocycles. The number of esters is 1. The zero-order valence-electron chi connectivity index (χ0n) is 10.0.